The van der Waals surface area contributed by atoms with Gasteiger partial charge >= 0.3 is 6.01 Å². The zero-order valence-corrected chi connectivity index (χ0v) is 10.3. The number of halogens is 1. The number of benzene rings is 1. The molecule has 1 aromatic carbocycles. The third-order valence-corrected chi connectivity index (χ3v) is 3.13. The maximum Gasteiger partial charge on any atom is 0.317 e. The Balaban J connectivity index is 1.84. The third kappa shape index (κ3) is 4.04. The van der Waals surface area contributed by atoms with Gasteiger partial charge < -0.3 is 5.32 Å². The van der Waals surface area contributed by atoms with Crippen LogP contribution in [0.4, 0.5) is 4.39 Å². The van der Waals surface area contributed by atoms with Crippen molar-refractivity contribution in [3.8, 4) is 5.75 Å². The standard InChI is InChI=1S/C14H18FNO2/c1-11(15)17-18-14-4-2-12(3-5-14)10-13-6-8-16-9-7-13/h2-5,13,16H,1,6-10H2. The quantitative estimate of drug-likeness (QED) is 0.496. The molecule has 0 atom stereocenters. The predicted molar refractivity (Wildman–Crippen MR) is 67.7 cm³/mol. The molecule has 0 aliphatic carbocycles. The van der Waals surface area contributed by atoms with E-state index in [4.69, 9.17) is 4.89 Å². The minimum Gasteiger partial charge on any atom is -0.317 e. The van der Waals surface area contributed by atoms with Crippen LogP contribution >= 0.6 is 0 Å². The largest absolute Gasteiger partial charge is 0.317 e. The summed E-state index contributed by atoms with van der Waals surface area (Å²) in [6.07, 6.45) is 3.53. The Morgan fingerprint density at radius 2 is 1.94 bits per heavy atom. The first-order valence-corrected chi connectivity index (χ1v) is 6.22. The van der Waals surface area contributed by atoms with Gasteiger partial charge in [0.1, 0.15) is 0 Å². The molecule has 0 bridgehead atoms. The Bertz CT molecular complexity index is 385. The van der Waals surface area contributed by atoms with Crippen LogP contribution in [0.2, 0.25) is 0 Å². The van der Waals surface area contributed by atoms with Crippen LogP contribution in [0, 0.1) is 5.92 Å². The molecule has 0 radical (unpaired) electrons. The van der Waals surface area contributed by atoms with Crippen LogP contribution < -0.4 is 10.2 Å². The first-order valence-electron chi connectivity index (χ1n) is 6.22. The van der Waals surface area contributed by atoms with Crippen molar-refractivity contribution >= 4 is 0 Å². The summed E-state index contributed by atoms with van der Waals surface area (Å²) in [4.78, 5) is 8.98. The molecule has 98 valence electrons. The van der Waals surface area contributed by atoms with Crippen LogP contribution in [0.1, 0.15) is 18.4 Å². The van der Waals surface area contributed by atoms with Gasteiger partial charge in [-0.2, -0.15) is 4.39 Å². The fourth-order valence-corrected chi connectivity index (χ4v) is 2.19. The van der Waals surface area contributed by atoms with Crippen molar-refractivity contribution in [2.24, 2.45) is 5.92 Å². The average Bonchev–Trinajstić information content (AvgIpc) is 2.39. The van der Waals surface area contributed by atoms with E-state index >= 15 is 0 Å². The lowest BCUT2D eigenvalue weighted by atomic mass is 9.91. The Labute approximate surface area is 107 Å². The van der Waals surface area contributed by atoms with Gasteiger partial charge in [-0.05, 0) is 62.5 Å². The molecular weight excluding hydrogens is 233 g/mol. The van der Waals surface area contributed by atoms with Crippen LogP contribution in [0.5, 0.6) is 5.75 Å². The lowest BCUT2D eigenvalue weighted by Crippen LogP contribution is -2.28. The highest BCUT2D eigenvalue weighted by Gasteiger charge is 2.13. The molecule has 1 aliphatic heterocycles. The second-order valence-corrected chi connectivity index (χ2v) is 4.56. The van der Waals surface area contributed by atoms with Crippen LogP contribution in [0.3, 0.4) is 0 Å². The molecule has 4 heteroatoms. The van der Waals surface area contributed by atoms with E-state index in [2.05, 4.69) is 16.8 Å². The molecular formula is C14H18FNO2. The number of rotatable bonds is 5. The summed E-state index contributed by atoms with van der Waals surface area (Å²) < 4.78 is 12.2. The Morgan fingerprint density at radius 3 is 2.56 bits per heavy atom. The summed E-state index contributed by atoms with van der Waals surface area (Å²) >= 11 is 0. The molecule has 3 nitrogen and oxygen atoms in total. The van der Waals surface area contributed by atoms with Crippen molar-refractivity contribution in [3.05, 3.63) is 42.4 Å². The van der Waals surface area contributed by atoms with Crippen LogP contribution in [0.25, 0.3) is 0 Å². The molecule has 0 amide bonds. The van der Waals surface area contributed by atoms with Crippen molar-refractivity contribution in [1.82, 2.24) is 5.32 Å². The number of piperidine rings is 1. The molecule has 1 aromatic rings. The minimum absolute atomic E-state index is 0.475. The maximum atomic E-state index is 12.2. The zero-order chi connectivity index (χ0) is 12.8. The van der Waals surface area contributed by atoms with E-state index in [0.29, 0.717) is 5.75 Å². The molecule has 1 saturated heterocycles. The van der Waals surface area contributed by atoms with Crippen molar-refractivity contribution in [1.29, 1.82) is 0 Å². The Hall–Kier alpha value is -1.55. The van der Waals surface area contributed by atoms with Gasteiger partial charge in [0, 0.05) is 0 Å². The molecule has 1 heterocycles. The molecule has 0 unspecified atom stereocenters. The third-order valence-electron chi connectivity index (χ3n) is 3.13. The normalized spacial score (nSPS) is 16.3. The van der Waals surface area contributed by atoms with Gasteiger partial charge in [0.05, 0.1) is 0 Å². The van der Waals surface area contributed by atoms with E-state index in [-0.39, 0.29) is 0 Å². The molecule has 0 saturated carbocycles. The van der Waals surface area contributed by atoms with Gasteiger partial charge in [-0.1, -0.05) is 12.1 Å². The molecule has 0 spiro atoms. The van der Waals surface area contributed by atoms with Crippen molar-refractivity contribution < 1.29 is 14.2 Å². The van der Waals surface area contributed by atoms with Gasteiger partial charge in [0.2, 0.25) is 0 Å². The van der Waals surface area contributed by atoms with Crippen molar-refractivity contribution in [2.45, 2.75) is 19.3 Å². The van der Waals surface area contributed by atoms with E-state index in [1.54, 1.807) is 12.1 Å². The van der Waals surface area contributed by atoms with E-state index in [1.165, 1.54) is 18.4 Å². The summed E-state index contributed by atoms with van der Waals surface area (Å²) in [5.74, 6) is 1.22. The van der Waals surface area contributed by atoms with Gasteiger partial charge in [-0.15, -0.1) is 0 Å². The molecule has 2 rings (SSSR count). The highest BCUT2D eigenvalue weighted by molar-refractivity contribution is 5.27. The zero-order valence-electron chi connectivity index (χ0n) is 10.3. The summed E-state index contributed by atoms with van der Waals surface area (Å²) in [7, 11) is 0. The van der Waals surface area contributed by atoms with Gasteiger partial charge in [0.15, 0.2) is 5.75 Å². The minimum atomic E-state index is -0.950. The highest BCUT2D eigenvalue weighted by Crippen LogP contribution is 2.20. The Morgan fingerprint density at radius 1 is 1.28 bits per heavy atom. The SMILES string of the molecule is C=C(F)OOc1ccc(CC2CCNCC2)cc1. The van der Waals surface area contributed by atoms with E-state index in [1.807, 2.05) is 12.1 Å². The summed E-state index contributed by atoms with van der Waals surface area (Å²) in [6.45, 7) is 5.16. The van der Waals surface area contributed by atoms with Gasteiger partial charge in [-0.3, -0.25) is 9.78 Å². The van der Waals surface area contributed by atoms with E-state index < -0.39 is 6.01 Å². The topological polar surface area (TPSA) is 30.5 Å². The van der Waals surface area contributed by atoms with Crippen LogP contribution in [-0.4, -0.2) is 13.1 Å². The molecule has 1 aliphatic rings. The van der Waals surface area contributed by atoms with E-state index in [0.717, 1.165) is 25.4 Å². The second kappa shape index (κ2) is 6.40. The smallest absolute Gasteiger partial charge is 0.317 e. The number of hydrogen-bond acceptors (Lipinski definition) is 3. The number of hydrogen-bond donors (Lipinski definition) is 1. The molecule has 0 aromatic heterocycles. The fourth-order valence-electron chi connectivity index (χ4n) is 2.19. The fraction of sp³-hybridized carbons (Fsp3) is 0.429. The Kier molecular flexibility index (Phi) is 4.59. The molecule has 18 heavy (non-hydrogen) atoms. The van der Waals surface area contributed by atoms with Crippen LogP contribution in [-0.2, 0) is 11.3 Å². The lowest BCUT2D eigenvalue weighted by Gasteiger charge is -2.22. The molecule has 1 N–H and O–H groups in total. The highest BCUT2D eigenvalue weighted by atomic mass is 19.1. The average molecular weight is 251 g/mol. The van der Waals surface area contributed by atoms with Crippen molar-refractivity contribution in [2.75, 3.05) is 13.1 Å². The predicted octanol–water partition coefficient (Wildman–Crippen LogP) is 2.98. The first-order chi connectivity index (χ1) is 8.74. The monoisotopic (exact) mass is 251 g/mol. The van der Waals surface area contributed by atoms with E-state index in [9.17, 15) is 4.39 Å². The summed E-state index contributed by atoms with van der Waals surface area (Å²) in [6, 6.07) is 6.58. The lowest BCUT2D eigenvalue weighted by molar-refractivity contribution is -0.186. The first kappa shape index (κ1) is 12.9. The van der Waals surface area contributed by atoms with Crippen LogP contribution in [0.15, 0.2) is 36.9 Å². The molecule has 1 fully saturated rings. The van der Waals surface area contributed by atoms with Gasteiger partial charge in [-0.25, -0.2) is 0 Å². The van der Waals surface area contributed by atoms with Crippen molar-refractivity contribution in [3.63, 3.8) is 0 Å². The maximum absolute atomic E-state index is 12.2. The second-order valence-electron chi connectivity index (χ2n) is 4.56. The summed E-state index contributed by atoms with van der Waals surface area (Å²) in [5.41, 5.74) is 1.27. The van der Waals surface area contributed by atoms with Gasteiger partial charge in [0.25, 0.3) is 0 Å². The number of nitrogens with one attached hydrogen (secondary N) is 1. The summed E-state index contributed by atoms with van der Waals surface area (Å²) in [5, 5.41) is 3.36.